The lowest BCUT2D eigenvalue weighted by atomic mass is 9.44. The number of aliphatic hydroxyl groups is 2. The first-order chi connectivity index (χ1) is 19.4. The molecule has 0 aromatic heterocycles. The summed E-state index contributed by atoms with van der Waals surface area (Å²) in [6, 6.07) is 5.46. The number of ether oxygens (including phenoxy) is 2. The van der Waals surface area contributed by atoms with E-state index in [0.29, 0.717) is 31.0 Å². The number of hydrogen-bond acceptors (Lipinski definition) is 8. The predicted octanol–water partition coefficient (Wildman–Crippen LogP) is 3.30. The first-order valence-corrected chi connectivity index (χ1v) is 14.1. The van der Waals surface area contributed by atoms with Crippen molar-refractivity contribution in [2.75, 3.05) is 27.4 Å². The number of carbonyl (C=O) groups excluding carboxylic acids is 2. The Morgan fingerprint density at radius 2 is 1.90 bits per heavy atom. The van der Waals surface area contributed by atoms with Gasteiger partial charge in [0.1, 0.15) is 12.8 Å². The molecule has 4 fully saturated rings. The fourth-order valence-electron chi connectivity index (χ4n) is 9.22. The van der Waals surface area contributed by atoms with Crippen molar-refractivity contribution in [3.8, 4) is 11.5 Å². The van der Waals surface area contributed by atoms with Crippen LogP contribution in [0.4, 0.5) is 8.78 Å². The van der Waals surface area contributed by atoms with E-state index in [4.69, 9.17) is 14.3 Å². The number of rotatable bonds is 6. The number of carbonyl (C=O) groups is 2. The number of nitrogens with zero attached hydrogens (tertiary/aromatic N) is 1. The average molecular weight is 574 g/mol. The minimum absolute atomic E-state index is 0.0584. The molecular formula is C31H37F2NO7. The van der Waals surface area contributed by atoms with Gasteiger partial charge in [-0.05, 0) is 67.5 Å². The molecule has 3 saturated carbocycles. The van der Waals surface area contributed by atoms with Crippen molar-refractivity contribution in [1.82, 2.24) is 5.06 Å². The molecule has 1 aliphatic heterocycles. The van der Waals surface area contributed by atoms with Crippen molar-refractivity contribution >= 4 is 11.6 Å². The first-order valence-electron chi connectivity index (χ1n) is 14.1. The minimum Gasteiger partial charge on any atom is -0.493 e. The molecule has 0 amide bonds. The summed E-state index contributed by atoms with van der Waals surface area (Å²) < 4.78 is 44.0. The number of methoxy groups -OCH3 is 2. The molecule has 0 radical (unpaired) electrons. The number of fused-ring (bicyclic) bond motifs is 7. The van der Waals surface area contributed by atoms with Crippen molar-refractivity contribution in [3.05, 3.63) is 47.6 Å². The highest BCUT2D eigenvalue weighted by Crippen LogP contribution is 2.72. The SMILES string of the molecule is COc1ccc(CN2C[C@@H]3C[C@H]4[C@@H]5C[C@H](F)C6=CC(=O)C=C[C@]6(C)[C@@]5(F)[C@@H](O)C[C@]4(C)[C@]3(C(=O)CO)O2)cc1OC. The van der Waals surface area contributed by atoms with Crippen LogP contribution in [0.1, 0.15) is 38.7 Å². The van der Waals surface area contributed by atoms with Gasteiger partial charge < -0.3 is 19.7 Å². The zero-order valence-electron chi connectivity index (χ0n) is 23.7. The van der Waals surface area contributed by atoms with Crippen molar-refractivity contribution in [1.29, 1.82) is 0 Å². The monoisotopic (exact) mass is 573 g/mol. The third-order valence-corrected chi connectivity index (χ3v) is 11.0. The molecule has 1 heterocycles. The Bertz CT molecular complexity index is 1350. The smallest absolute Gasteiger partial charge is 0.192 e. The lowest BCUT2D eigenvalue weighted by molar-refractivity contribution is -0.269. The van der Waals surface area contributed by atoms with Crippen LogP contribution >= 0.6 is 0 Å². The van der Waals surface area contributed by atoms with Crippen molar-refractivity contribution in [3.63, 3.8) is 0 Å². The van der Waals surface area contributed by atoms with E-state index in [1.807, 2.05) is 19.1 Å². The molecule has 9 atom stereocenters. The molecule has 4 aliphatic carbocycles. The summed E-state index contributed by atoms with van der Waals surface area (Å²) in [5.41, 5.74) is -5.43. The van der Waals surface area contributed by atoms with Gasteiger partial charge in [-0.2, -0.15) is 5.06 Å². The third kappa shape index (κ3) is 3.57. The van der Waals surface area contributed by atoms with Crippen LogP contribution in [-0.2, 0) is 21.0 Å². The van der Waals surface area contributed by atoms with Crippen LogP contribution in [0.15, 0.2) is 42.0 Å². The van der Waals surface area contributed by atoms with Gasteiger partial charge in [0, 0.05) is 35.8 Å². The summed E-state index contributed by atoms with van der Waals surface area (Å²) in [5.74, 6) is -1.63. The van der Waals surface area contributed by atoms with Gasteiger partial charge in [-0.15, -0.1) is 0 Å². The van der Waals surface area contributed by atoms with E-state index in [1.165, 1.54) is 12.2 Å². The summed E-state index contributed by atoms with van der Waals surface area (Å²) in [5, 5.41) is 23.4. The van der Waals surface area contributed by atoms with E-state index >= 15 is 8.78 Å². The van der Waals surface area contributed by atoms with E-state index in [1.54, 1.807) is 32.3 Å². The predicted molar refractivity (Wildman–Crippen MR) is 143 cm³/mol. The highest BCUT2D eigenvalue weighted by Gasteiger charge is 2.79. The van der Waals surface area contributed by atoms with Crippen molar-refractivity contribution in [2.24, 2.45) is 28.6 Å². The Morgan fingerprint density at radius 1 is 1.17 bits per heavy atom. The van der Waals surface area contributed by atoms with Gasteiger partial charge in [-0.1, -0.05) is 19.1 Å². The zero-order valence-corrected chi connectivity index (χ0v) is 23.7. The van der Waals surface area contributed by atoms with Gasteiger partial charge in [-0.3, -0.25) is 14.4 Å². The molecule has 0 spiro atoms. The molecular weight excluding hydrogens is 536 g/mol. The highest BCUT2D eigenvalue weighted by molar-refractivity contribution is 6.01. The van der Waals surface area contributed by atoms with Gasteiger partial charge in [0.05, 0.1) is 20.3 Å². The number of ketones is 2. The first kappa shape index (κ1) is 28.5. The maximum atomic E-state index is 17.5. The maximum absolute atomic E-state index is 17.5. The molecule has 222 valence electrons. The van der Waals surface area contributed by atoms with Crippen LogP contribution < -0.4 is 9.47 Å². The molecule has 1 saturated heterocycles. The van der Waals surface area contributed by atoms with E-state index in [-0.39, 0.29) is 18.4 Å². The molecule has 1 aromatic carbocycles. The van der Waals surface area contributed by atoms with Gasteiger partial charge >= 0.3 is 0 Å². The van der Waals surface area contributed by atoms with Crippen LogP contribution in [0.2, 0.25) is 0 Å². The Morgan fingerprint density at radius 3 is 2.59 bits per heavy atom. The Labute approximate surface area is 237 Å². The molecule has 8 nitrogen and oxygen atoms in total. The molecule has 41 heavy (non-hydrogen) atoms. The Hall–Kier alpha value is -2.66. The van der Waals surface area contributed by atoms with E-state index < -0.39 is 70.3 Å². The number of halogens is 2. The second kappa shape index (κ2) is 9.42. The molecule has 6 rings (SSSR count). The summed E-state index contributed by atoms with van der Waals surface area (Å²) in [4.78, 5) is 32.3. The number of aliphatic hydroxyl groups excluding tert-OH is 2. The number of allylic oxidation sites excluding steroid dienone is 4. The van der Waals surface area contributed by atoms with Gasteiger partial charge in [0.2, 0.25) is 0 Å². The second-order valence-corrected chi connectivity index (χ2v) is 12.7. The molecule has 1 aromatic rings. The standard InChI is InChI=1S/C31H37F2NO7/c1-28-8-7-19(36)11-22(28)23(32)12-21-20-10-18-15-34(14-17-5-6-24(39-3)25(9-17)40-4)41-31(18,27(38)16-35)29(20,2)13-26(37)30(21,28)33/h5-9,11,18,20-21,23,26,35,37H,10,12-16H2,1-4H3/t18-,20-,21-,23-,26-,28-,29-,30-,31-/m0/s1. The van der Waals surface area contributed by atoms with Crippen LogP contribution in [0.3, 0.4) is 0 Å². The van der Waals surface area contributed by atoms with Crippen LogP contribution in [0.5, 0.6) is 11.5 Å². The molecule has 0 unspecified atom stereocenters. The summed E-state index contributed by atoms with van der Waals surface area (Å²) in [7, 11) is 3.09. The number of hydroxylamine groups is 2. The number of hydrogen-bond donors (Lipinski definition) is 2. The fraction of sp³-hybridized carbons (Fsp3) is 0.613. The molecule has 10 heteroatoms. The van der Waals surface area contributed by atoms with Crippen LogP contribution in [0, 0.1) is 28.6 Å². The zero-order chi connectivity index (χ0) is 29.5. The minimum atomic E-state index is -2.25. The van der Waals surface area contributed by atoms with Gasteiger partial charge in [0.15, 0.2) is 34.3 Å². The fourth-order valence-corrected chi connectivity index (χ4v) is 9.22. The summed E-state index contributed by atoms with van der Waals surface area (Å²) in [6.45, 7) is 3.25. The Balaban J connectivity index is 1.36. The van der Waals surface area contributed by atoms with E-state index in [2.05, 4.69) is 0 Å². The lowest BCUT2D eigenvalue weighted by Crippen LogP contribution is -2.70. The van der Waals surface area contributed by atoms with E-state index in [0.717, 1.165) is 11.6 Å². The molecule has 5 aliphatic rings. The van der Waals surface area contributed by atoms with Crippen LogP contribution in [0.25, 0.3) is 0 Å². The number of alkyl halides is 2. The summed E-state index contributed by atoms with van der Waals surface area (Å²) >= 11 is 0. The van der Waals surface area contributed by atoms with Crippen LogP contribution in [-0.4, -0.2) is 77.8 Å². The largest absolute Gasteiger partial charge is 0.493 e. The Kier molecular flexibility index (Phi) is 6.54. The van der Waals surface area contributed by atoms with Gasteiger partial charge in [-0.25, -0.2) is 8.78 Å². The van der Waals surface area contributed by atoms with Crippen molar-refractivity contribution < 1.29 is 42.9 Å². The number of Topliss-reactive ketones (excluding diaryl/α,β-unsaturated/α-hetero) is 1. The third-order valence-electron chi connectivity index (χ3n) is 11.0. The highest BCUT2D eigenvalue weighted by atomic mass is 19.1. The quantitative estimate of drug-likeness (QED) is 0.534. The number of benzene rings is 1. The van der Waals surface area contributed by atoms with Crippen molar-refractivity contribution in [2.45, 2.75) is 63.2 Å². The van der Waals surface area contributed by atoms with Gasteiger partial charge in [0.25, 0.3) is 0 Å². The second-order valence-electron chi connectivity index (χ2n) is 12.7. The average Bonchev–Trinajstić information content (AvgIpc) is 3.42. The molecule has 2 N–H and O–H groups in total. The van der Waals surface area contributed by atoms with E-state index in [9.17, 15) is 19.8 Å². The maximum Gasteiger partial charge on any atom is 0.192 e. The normalized spacial score (nSPS) is 43.1. The summed E-state index contributed by atoms with van der Waals surface area (Å²) in [6.07, 6.45) is 0.746. The lowest BCUT2D eigenvalue weighted by Gasteiger charge is -2.63. The molecule has 0 bridgehead atoms. The topological polar surface area (TPSA) is 106 Å².